The maximum absolute atomic E-state index is 5.89. The molecule has 0 aliphatic carbocycles. The van der Waals surface area contributed by atoms with Crippen LogP contribution in [0, 0.1) is 5.92 Å². The van der Waals surface area contributed by atoms with Crippen LogP contribution < -0.4 is 11.1 Å². The van der Waals surface area contributed by atoms with Gasteiger partial charge in [0.25, 0.3) is 0 Å². The Hall–Kier alpha value is -1.59. The van der Waals surface area contributed by atoms with Crippen LogP contribution in [0.2, 0.25) is 0 Å². The molecule has 0 amide bonds. The lowest BCUT2D eigenvalue weighted by molar-refractivity contribution is 0.145. The van der Waals surface area contributed by atoms with E-state index in [2.05, 4.69) is 46.4 Å². The highest BCUT2D eigenvalue weighted by Gasteiger charge is 2.15. The van der Waals surface area contributed by atoms with E-state index in [1.165, 1.54) is 37.1 Å². The third kappa shape index (κ3) is 7.88. The molecule has 1 aromatic carbocycles. The first-order chi connectivity index (χ1) is 12.2. The molecule has 140 valence electrons. The lowest BCUT2D eigenvalue weighted by atomic mass is 9.99. The summed E-state index contributed by atoms with van der Waals surface area (Å²) in [5.74, 6) is 1.39. The number of nitrogens with one attached hydrogen (secondary N) is 1. The predicted octanol–water partition coefficient (Wildman–Crippen LogP) is 2.75. The number of nitrogens with two attached hydrogens (primary N) is 1. The van der Waals surface area contributed by atoms with Crippen molar-refractivity contribution in [3.8, 4) is 0 Å². The zero-order valence-electron chi connectivity index (χ0n) is 15.8. The monoisotopic (exact) mass is 346 g/mol. The molecule has 0 unspecified atom stereocenters. The van der Waals surface area contributed by atoms with Gasteiger partial charge in [0.1, 0.15) is 0 Å². The van der Waals surface area contributed by atoms with Gasteiger partial charge in [0, 0.05) is 26.3 Å². The summed E-state index contributed by atoms with van der Waals surface area (Å²) in [6, 6.07) is 8.75. The molecule has 5 nitrogen and oxygen atoms in total. The number of likely N-dealkylation sites (tertiary alicyclic amines) is 1. The first kappa shape index (κ1) is 19.7. The van der Waals surface area contributed by atoms with Crippen LogP contribution in [0.4, 0.5) is 0 Å². The Bertz CT molecular complexity index is 507. The minimum Gasteiger partial charge on any atom is -0.382 e. The van der Waals surface area contributed by atoms with Gasteiger partial charge in [-0.05, 0) is 56.3 Å². The smallest absolute Gasteiger partial charge is 0.188 e. The van der Waals surface area contributed by atoms with Gasteiger partial charge in [0.05, 0.1) is 6.54 Å². The van der Waals surface area contributed by atoms with Crippen molar-refractivity contribution < 1.29 is 4.74 Å². The third-order valence-electron chi connectivity index (χ3n) is 4.71. The fourth-order valence-corrected chi connectivity index (χ4v) is 3.00. The van der Waals surface area contributed by atoms with Gasteiger partial charge >= 0.3 is 0 Å². The number of rotatable bonds is 9. The maximum atomic E-state index is 5.89. The Kier molecular flexibility index (Phi) is 8.77. The first-order valence-corrected chi connectivity index (χ1v) is 9.59. The molecule has 2 rings (SSSR count). The minimum atomic E-state index is 0.503. The average molecular weight is 347 g/mol. The lowest BCUT2D eigenvalue weighted by Crippen LogP contribution is -2.32. The Morgan fingerprint density at radius 2 is 1.92 bits per heavy atom. The Balaban J connectivity index is 1.69. The first-order valence-electron chi connectivity index (χ1n) is 9.59. The highest BCUT2D eigenvalue weighted by atomic mass is 16.5. The molecule has 1 aromatic rings. The van der Waals surface area contributed by atoms with Gasteiger partial charge in [-0.1, -0.05) is 31.2 Å². The number of aliphatic imine (C=N–C) groups is 1. The van der Waals surface area contributed by atoms with Gasteiger partial charge < -0.3 is 15.8 Å². The molecule has 0 radical (unpaired) electrons. The second kappa shape index (κ2) is 11.1. The summed E-state index contributed by atoms with van der Waals surface area (Å²) in [6.45, 7) is 10.8. The summed E-state index contributed by atoms with van der Waals surface area (Å²) in [5.41, 5.74) is 8.46. The molecular weight excluding hydrogens is 312 g/mol. The molecule has 1 saturated heterocycles. The fourth-order valence-electron chi connectivity index (χ4n) is 3.00. The predicted molar refractivity (Wildman–Crippen MR) is 105 cm³/mol. The molecule has 0 aromatic heterocycles. The highest BCUT2D eigenvalue weighted by molar-refractivity contribution is 5.77. The van der Waals surface area contributed by atoms with E-state index in [9.17, 15) is 0 Å². The number of guanidine groups is 1. The van der Waals surface area contributed by atoms with E-state index in [1.807, 2.05) is 6.92 Å². The normalized spacial score (nSPS) is 17.0. The number of benzene rings is 1. The van der Waals surface area contributed by atoms with E-state index in [0.29, 0.717) is 12.5 Å². The number of ether oxygens (including phenoxy) is 1. The number of hydrogen-bond acceptors (Lipinski definition) is 3. The van der Waals surface area contributed by atoms with Gasteiger partial charge in [0.2, 0.25) is 0 Å². The zero-order chi connectivity index (χ0) is 17.9. The summed E-state index contributed by atoms with van der Waals surface area (Å²) in [4.78, 5) is 6.95. The second-order valence-electron chi connectivity index (χ2n) is 6.95. The molecule has 25 heavy (non-hydrogen) atoms. The van der Waals surface area contributed by atoms with Crippen molar-refractivity contribution in [3.63, 3.8) is 0 Å². The summed E-state index contributed by atoms with van der Waals surface area (Å²) in [5, 5.41) is 3.12. The quantitative estimate of drug-likeness (QED) is 0.410. The van der Waals surface area contributed by atoms with Crippen LogP contribution in [-0.2, 0) is 17.8 Å². The van der Waals surface area contributed by atoms with Crippen LogP contribution >= 0.6 is 0 Å². The van der Waals surface area contributed by atoms with E-state index in [4.69, 9.17) is 10.5 Å². The second-order valence-corrected chi connectivity index (χ2v) is 6.95. The van der Waals surface area contributed by atoms with E-state index in [1.54, 1.807) is 0 Å². The third-order valence-corrected chi connectivity index (χ3v) is 4.71. The van der Waals surface area contributed by atoms with Crippen LogP contribution in [0.15, 0.2) is 29.3 Å². The highest BCUT2D eigenvalue weighted by Crippen LogP contribution is 2.18. The van der Waals surface area contributed by atoms with Crippen LogP contribution in [-0.4, -0.2) is 43.7 Å². The Labute approximate surface area is 152 Å². The van der Waals surface area contributed by atoms with Crippen molar-refractivity contribution in [2.75, 3.05) is 32.8 Å². The Morgan fingerprint density at radius 3 is 2.60 bits per heavy atom. The van der Waals surface area contributed by atoms with E-state index >= 15 is 0 Å². The fraction of sp³-hybridized carbons (Fsp3) is 0.650. The van der Waals surface area contributed by atoms with Crippen LogP contribution in [0.25, 0.3) is 0 Å². The molecule has 5 heteroatoms. The van der Waals surface area contributed by atoms with Crippen molar-refractivity contribution in [3.05, 3.63) is 35.4 Å². The van der Waals surface area contributed by atoms with Crippen LogP contribution in [0.5, 0.6) is 0 Å². The number of piperidine rings is 1. The average Bonchev–Trinajstić information content (AvgIpc) is 2.63. The molecule has 0 atom stereocenters. The Morgan fingerprint density at radius 1 is 1.24 bits per heavy atom. The SMILES string of the molecule is CCOCCCNC(N)=NCc1ccc(CN2CCC(C)CC2)cc1. The topological polar surface area (TPSA) is 62.9 Å². The molecule has 0 bridgehead atoms. The van der Waals surface area contributed by atoms with Crippen molar-refractivity contribution in [2.24, 2.45) is 16.6 Å². The zero-order valence-corrected chi connectivity index (χ0v) is 15.8. The molecule has 1 aliphatic rings. The summed E-state index contributed by atoms with van der Waals surface area (Å²) in [7, 11) is 0. The largest absolute Gasteiger partial charge is 0.382 e. The minimum absolute atomic E-state index is 0.503. The van der Waals surface area contributed by atoms with Crippen LogP contribution in [0.3, 0.4) is 0 Å². The number of nitrogens with zero attached hydrogens (tertiary/aromatic N) is 2. The van der Waals surface area contributed by atoms with Gasteiger partial charge in [0.15, 0.2) is 5.96 Å². The summed E-state index contributed by atoms with van der Waals surface area (Å²) in [6.07, 6.45) is 3.58. The maximum Gasteiger partial charge on any atom is 0.188 e. The molecule has 1 heterocycles. The van der Waals surface area contributed by atoms with Gasteiger partial charge in [-0.25, -0.2) is 4.99 Å². The van der Waals surface area contributed by atoms with E-state index in [0.717, 1.165) is 38.6 Å². The van der Waals surface area contributed by atoms with Crippen molar-refractivity contribution in [2.45, 2.75) is 46.2 Å². The van der Waals surface area contributed by atoms with Crippen molar-refractivity contribution in [1.29, 1.82) is 0 Å². The van der Waals surface area contributed by atoms with Gasteiger partial charge in [-0.3, -0.25) is 4.90 Å². The van der Waals surface area contributed by atoms with E-state index < -0.39 is 0 Å². The molecule has 3 N–H and O–H groups in total. The number of hydrogen-bond donors (Lipinski definition) is 2. The van der Waals surface area contributed by atoms with Gasteiger partial charge in [-0.2, -0.15) is 0 Å². The van der Waals surface area contributed by atoms with Crippen LogP contribution in [0.1, 0.15) is 44.2 Å². The molecule has 1 fully saturated rings. The lowest BCUT2D eigenvalue weighted by Gasteiger charge is -2.30. The summed E-state index contributed by atoms with van der Waals surface area (Å²) >= 11 is 0. The van der Waals surface area contributed by atoms with E-state index in [-0.39, 0.29) is 0 Å². The molecule has 0 spiro atoms. The van der Waals surface area contributed by atoms with Crippen molar-refractivity contribution >= 4 is 5.96 Å². The standard InChI is InChI=1S/C20H34N4O/c1-3-25-14-4-11-22-20(21)23-15-18-5-7-19(8-6-18)16-24-12-9-17(2)10-13-24/h5-8,17H,3-4,9-16H2,1-2H3,(H3,21,22,23). The summed E-state index contributed by atoms with van der Waals surface area (Å²) < 4.78 is 5.29. The molecule has 0 saturated carbocycles. The van der Waals surface area contributed by atoms with Crippen molar-refractivity contribution in [1.82, 2.24) is 10.2 Å². The van der Waals surface area contributed by atoms with Gasteiger partial charge in [-0.15, -0.1) is 0 Å². The molecule has 1 aliphatic heterocycles. The molecular formula is C20H34N4O.